The van der Waals surface area contributed by atoms with E-state index < -0.39 is 15.8 Å². The lowest BCUT2D eigenvalue weighted by atomic mass is 10.3. The molecule has 0 unspecified atom stereocenters. The Hall–Kier alpha value is -0.700. The van der Waals surface area contributed by atoms with Crippen molar-refractivity contribution >= 4 is 31.6 Å². The number of hydrogen-bond donors (Lipinski definition) is 1. The Morgan fingerprint density at radius 1 is 1.50 bits per heavy atom. The Kier molecular flexibility index (Phi) is 5.09. The van der Waals surface area contributed by atoms with Crippen LogP contribution in [0.4, 0.5) is 10.1 Å². The predicted octanol–water partition coefficient (Wildman–Crippen LogP) is 1.44. The second-order valence-corrected chi connectivity index (χ2v) is 6.49. The number of halogens is 2. The third-order valence-corrected chi connectivity index (χ3v) is 4.87. The van der Waals surface area contributed by atoms with Crippen molar-refractivity contribution < 1.29 is 17.5 Å². The van der Waals surface area contributed by atoms with E-state index in [1.54, 1.807) is 0 Å². The van der Waals surface area contributed by atoms with Crippen molar-refractivity contribution in [1.29, 1.82) is 0 Å². The minimum absolute atomic E-state index is 0.0513. The average molecular weight is 341 g/mol. The van der Waals surface area contributed by atoms with Crippen LogP contribution in [-0.4, -0.2) is 40.0 Å². The Balaban J connectivity index is 3.16. The molecule has 0 bridgehead atoms. The maximum Gasteiger partial charge on any atom is 0.244 e. The summed E-state index contributed by atoms with van der Waals surface area (Å²) in [7, 11) is -0.866. The van der Waals surface area contributed by atoms with Gasteiger partial charge in [-0.2, -0.15) is 4.31 Å². The molecule has 0 saturated carbocycles. The summed E-state index contributed by atoms with van der Waals surface area (Å²) >= 11 is 2.94. The topological polar surface area (TPSA) is 72.6 Å². The minimum atomic E-state index is -3.75. The Bertz CT molecular complexity index is 536. The molecule has 8 heteroatoms. The number of nitrogens with zero attached hydrogens (tertiary/aromatic N) is 1. The highest BCUT2D eigenvalue weighted by Gasteiger charge is 2.24. The lowest BCUT2D eigenvalue weighted by Gasteiger charge is -2.18. The standard InChI is InChI=1S/C10H14BrFN2O3S/c1-14(3-4-17-2)18(15,16)10-5-7(11)8(12)6-9(10)13/h5-6H,3-4,13H2,1-2H3. The van der Waals surface area contributed by atoms with E-state index in [0.29, 0.717) is 0 Å². The van der Waals surface area contributed by atoms with Gasteiger partial charge in [-0.05, 0) is 28.1 Å². The maximum absolute atomic E-state index is 13.2. The van der Waals surface area contributed by atoms with Crippen LogP contribution in [0.1, 0.15) is 0 Å². The van der Waals surface area contributed by atoms with E-state index in [0.717, 1.165) is 16.4 Å². The van der Waals surface area contributed by atoms with Crippen LogP contribution < -0.4 is 5.73 Å². The number of nitrogen functional groups attached to an aromatic ring is 1. The fourth-order valence-electron chi connectivity index (χ4n) is 1.28. The number of ether oxygens (including phenoxy) is 1. The van der Waals surface area contributed by atoms with Crippen molar-refractivity contribution in [3.63, 3.8) is 0 Å². The zero-order valence-corrected chi connectivity index (χ0v) is 12.4. The summed E-state index contributed by atoms with van der Waals surface area (Å²) in [6, 6.07) is 2.13. The largest absolute Gasteiger partial charge is 0.398 e. The summed E-state index contributed by atoms with van der Waals surface area (Å²) in [6.07, 6.45) is 0. The van der Waals surface area contributed by atoms with Crippen molar-refractivity contribution in [3.05, 3.63) is 22.4 Å². The van der Waals surface area contributed by atoms with Gasteiger partial charge in [-0.3, -0.25) is 0 Å². The van der Waals surface area contributed by atoms with Crippen LogP contribution in [0.3, 0.4) is 0 Å². The highest BCUT2D eigenvalue weighted by atomic mass is 79.9. The molecule has 0 aromatic heterocycles. The van der Waals surface area contributed by atoms with Gasteiger partial charge in [0.2, 0.25) is 10.0 Å². The molecule has 102 valence electrons. The van der Waals surface area contributed by atoms with Gasteiger partial charge in [0.1, 0.15) is 10.7 Å². The fraction of sp³-hybridized carbons (Fsp3) is 0.400. The van der Waals surface area contributed by atoms with E-state index >= 15 is 0 Å². The molecule has 0 spiro atoms. The first kappa shape index (κ1) is 15.4. The van der Waals surface area contributed by atoms with E-state index in [4.69, 9.17) is 10.5 Å². The van der Waals surface area contributed by atoms with E-state index in [9.17, 15) is 12.8 Å². The number of sulfonamides is 1. The molecule has 0 atom stereocenters. The predicted molar refractivity (Wildman–Crippen MR) is 70.2 cm³/mol. The Labute approximate surface area is 114 Å². The number of benzene rings is 1. The molecule has 0 radical (unpaired) electrons. The first-order valence-corrected chi connectivity index (χ1v) is 7.23. The summed E-state index contributed by atoms with van der Waals surface area (Å²) in [5, 5.41) is 0. The van der Waals surface area contributed by atoms with Crippen molar-refractivity contribution in [1.82, 2.24) is 4.31 Å². The van der Waals surface area contributed by atoms with Crippen LogP contribution in [0.15, 0.2) is 21.5 Å². The van der Waals surface area contributed by atoms with Crippen LogP contribution in [0.5, 0.6) is 0 Å². The third kappa shape index (κ3) is 3.19. The molecule has 0 aliphatic heterocycles. The van der Waals surface area contributed by atoms with Crippen LogP contribution >= 0.6 is 15.9 Å². The van der Waals surface area contributed by atoms with Crippen molar-refractivity contribution in [2.75, 3.05) is 33.0 Å². The lowest BCUT2D eigenvalue weighted by molar-refractivity contribution is 0.185. The molecule has 0 aliphatic carbocycles. The van der Waals surface area contributed by atoms with E-state index in [1.807, 2.05) is 0 Å². The molecule has 0 aliphatic rings. The minimum Gasteiger partial charge on any atom is -0.398 e. The van der Waals surface area contributed by atoms with Gasteiger partial charge >= 0.3 is 0 Å². The van der Waals surface area contributed by atoms with Crippen molar-refractivity contribution in [2.24, 2.45) is 0 Å². The van der Waals surface area contributed by atoms with Gasteiger partial charge in [0, 0.05) is 20.7 Å². The summed E-state index contributed by atoms with van der Waals surface area (Å²) in [4.78, 5) is -0.130. The van der Waals surface area contributed by atoms with Gasteiger partial charge in [-0.25, -0.2) is 12.8 Å². The van der Waals surface area contributed by atoms with Gasteiger partial charge < -0.3 is 10.5 Å². The molecule has 0 fully saturated rings. The van der Waals surface area contributed by atoms with E-state index in [2.05, 4.69) is 15.9 Å². The molecule has 0 amide bonds. The molecule has 1 aromatic carbocycles. The molecule has 5 nitrogen and oxygen atoms in total. The van der Waals surface area contributed by atoms with Crippen LogP contribution in [0.25, 0.3) is 0 Å². The molecular weight excluding hydrogens is 327 g/mol. The van der Waals surface area contributed by atoms with Crippen LogP contribution in [-0.2, 0) is 14.8 Å². The first-order chi connectivity index (χ1) is 8.30. The second-order valence-electron chi connectivity index (χ2n) is 3.62. The zero-order valence-electron chi connectivity index (χ0n) is 9.98. The maximum atomic E-state index is 13.2. The first-order valence-electron chi connectivity index (χ1n) is 5.00. The second kappa shape index (κ2) is 5.96. The number of nitrogens with two attached hydrogens (primary N) is 1. The van der Waals surface area contributed by atoms with Gasteiger partial charge in [-0.1, -0.05) is 0 Å². The summed E-state index contributed by atoms with van der Waals surface area (Å²) in [5.41, 5.74) is 5.42. The molecule has 0 saturated heterocycles. The SMILES string of the molecule is COCCN(C)S(=O)(=O)c1cc(Br)c(F)cc1N. The average Bonchev–Trinajstić information content (AvgIpc) is 2.30. The van der Waals surface area contributed by atoms with Crippen LogP contribution in [0, 0.1) is 5.82 Å². The molecular formula is C10H14BrFN2O3S. The van der Waals surface area contributed by atoms with Crippen molar-refractivity contribution in [3.8, 4) is 0 Å². The van der Waals surface area contributed by atoms with Crippen molar-refractivity contribution in [2.45, 2.75) is 4.90 Å². The van der Waals surface area contributed by atoms with Gasteiger partial charge in [-0.15, -0.1) is 0 Å². The molecule has 1 rings (SSSR count). The van der Waals surface area contributed by atoms with E-state index in [-0.39, 0.29) is 28.2 Å². The summed E-state index contributed by atoms with van der Waals surface area (Å²) < 4.78 is 43.5. The highest BCUT2D eigenvalue weighted by Crippen LogP contribution is 2.27. The number of rotatable bonds is 5. The zero-order chi connectivity index (χ0) is 13.9. The number of likely N-dealkylation sites (N-methyl/N-ethyl adjacent to an activating group) is 1. The van der Waals surface area contributed by atoms with Gasteiger partial charge in [0.15, 0.2) is 0 Å². The highest BCUT2D eigenvalue weighted by molar-refractivity contribution is 9.10. The molecule has 2 N–H and O–H groups in total. The van der Waals surface area contributed by atoms with Gasteiger partial charge in [0.25, 0.3) is 0 Å². The Morgan fingerprint density at radius 2 is 2.11 bits per heavy atom. The number of hydrogen-bond acceptors (Lipinski definition) is 4. The summed E-state index contributed by atoms with van der Waals surface area (Å²) in [6.45, 7) is 0.450. The van der Waals surface area contributed by atoms with E-state index in [1.165, 1.54) is 14.2 Å². The normalized spacial score (nSPS) is 12.1. The molecule has 18 heavy (non-hydrogen) atoms. The van der Waals surface area contributed by atoms with Crippen LogP contribution in [0.2, 0.25) is 0 Å². The fourth-order valence-corrected chi connectivity index (χ4v) is 3.04. The number of anilines is 1. The van der Waals surface area contributed by atoms with Gasteiger partial charge in [0.05, 0.1) is 16.8 Å². The Morgan fingerprint density at radius 3 is 2.67 bits per heavy atom. The lowest BCUT2D eigenvalue weighted by Crippen LogP contribution is -2.30. The quantitative estimate of drug-likeness (QED) is 0.823. The third-order valence-electron chi connectivity index (χ3n) is 2.35. The molecule has 1 aromatic rings. The molecule has 0 heterocycles. The number of methoxy groups -OCH3 is 1. The summed E-state index contributed by atoms with van der Waals surface area (Å²) in [5.74, 6) is -0.606. The monoisotopic (exact) mass is 340 g/mol. The smallest absolute Gasteiger partial charge is 0.244 e.